The summed E-state index contributed by atoms with van der Waals surface area (Å²) in [6, 6.07) is 0.600. The van der Waals surface area contributed by atoms with E-state index in [4.69, 9.17) is 5.73 Å². The van der Waals surface area contributed by atoms with Gasteiger partial charge >= 0.3 is 0 Å². The smallest absolute Gasteiger partial charge is 0.188 e. The van der Waals surface area contributed by atoms with Crippen molar-refractivity contribution in [1.82, 2.24) is 25.1 Å². The molecular formula is C10H20N6. The lowest BCUT2D eigenvalue weighted by Gasteiger charge is -2.34. The Morgan fingerprint density at radius 2 is 2.31 bits per heavy atom. The molecule has 1 aromatic heterocycles. The molecule has 0 radical (unpaired) electrons. The molecule has 1 saturated heterocycles. The van der Waals surface area contributed by atoms with E-state index in [1.54, 1.807) is 7.05 Å². The van der Waals surface area contributed by atoms with E-state index in [2.05, 4.69) is 20.3 Å². The highest BCUT2D eigenvalue weighted by molar-refractivity contribution is 4.83. The lowest BCUT2D eigenvalue weighted by atomic mass is 9.99. The molecule has 2 heterocycles. The molecule has 0 bridgehead atoms. The van der Waals surface area contributed by atoms with E-state index in [1.807, 2.05) is 0 Å². The Labute approximate surface area is 95.8 Å². The maximum Gasteiger partial charge on any atom is 0.188 e. The summed E-state index contributed by atoms with van der Waals surface area (Å²) < 4.78 is 0. The summed E-state index contributed by atoms with van der Waals surface area (Å²) in [5.74, 6) is 0.812. The summed E-state index contributed by atoms with van der Waals surface area (Å²) >= 11 is 0. The van der Waals surface area contributed by atoms with Crippen molar-refractivity contribution < 1.29 is 0 Å². The van der Waals surface area contributed by atoms with Gasteiger partial charge in [-0.1, -0.05) is 6.42 Å². The average Bonchev–Trinajstić information content (AvgIpc) is 2.67. The molecule has 90 valence electrons. The zero-order chi connectivity index (χ0) is 11.4. The summed E-state index contributed by atoms with van der Waals surface area (Å²) in [7, 11) is 1.80. The lowest BCUT2D eigenvalue weighted by Crippen LogP contribution is -2.40. The van der Waals surface area contributed by atoms with Crippen LogP contribution in [0, 0.1) is 0 Å². The van der Waals surface area contributed by atoms with Crippen LogP contribution in [0.2, 0.25) is 0 Å². The molecule has 0 spiro atoms. The monoisotopic (exact) mass is 224 g/mol. The van der Waals surface area contributed by atoms with Crippen LogP contribution in [-0.4, -0.2) is 44.2 Å². The molecule has 0 saturated carbocycles. The molecule has 1 aliphatic heterocycles. The van der Waals surface area contributed by atoms with Gasteiger partial charge in [-0.05, 0) is 37.6 Å². The molecular weight excluding hydrogens is 204 g/mol. The molecule has 1 aliphatic rings. The first kappa shape index (κ1) is 11.5. The largest absolute Gasteiger partial charge is 0.330 e. The van der Waals surface area contributed by atoms with Crippen LogP contribution in [0.3, 0.4) is 0 Å². The number of nitrogens with zero attached hydrogens (tertiary/aromatic N) is 5. The number of rotatable bonds is 4. The summed E-state index contributed by atoms with van der Waals surface area (Å²) in [5, 5.41) is 12.1. The molecule has 0 aliphatic carbocycles. The number of likely N-dealkylation sites (tertiary alicyclic amines) is 1. The van der Waals surface area contributed by atoms with Gasteiger partial charge in [0.15, 0.2) is 5.82 Å². The Hall–Kier alpha value is -1.01. The number of nitrogens with two attached hydrogens (primary N) is 1. The first-order chi connectivity index (χ1) is 7.79. The lowest BCUT2D eigenvalue weighted by molar-refractivity contribution is 0.130. The van der Waals surface area contributed by atoms with E-state index >= 15 is 0 Å². The second-order valence-corrected chi connectivity index (χ2v) is 4.39. The molecule has 0 aromatic carbocycles. The van der Waals surface area contributed by atoms with Crippen molar-refractivity contribution in [3.05, 3.63) is 5.82 Å². The van der Waals surface area contributed by atoms with Gasteiger partial charge in [0.2, 0.25) is 0 Å². The minimum atomic E-state index is 0.600. The van der Waals surface area contributed by atoms with Gasteiger partial charge in [-0.25, -0.2) is 0 Å². The van der Waals surface area contributed by atoms with E-state index in [-0.39, 0.29) is 0 Å². The van der Waals surface area contributed by atoms with Crippen LogP contribution >= 0.6 is 0 Å². The first-order valence-corrected chi connectivity index (χ1v) is 5.96. The summed E-state index contributed by atoms with van der Waals surface area (Å²) in [6.45, 7) is 2.69. The van der Waals surface area contributed by atoms with Gasteiger partial charge in [-0.3, -0.25) is 4.90 Å². The molecule has 2 rings (SSSR count). The molecule has 0 amide bonds. The zero-order valence-electron chi connectivity index (χ0n) is 9.84. The molecule has 6 nitrogen and oxygen atoms in total. The van der Waals surface area contributed by atoms with Gasteiger partial charge in [0, 0.05) is 6.04 Å². The summed E-state index contributed by atoms with van der Waals surface area (Å²) in [5.41, 5.74) is 5.64. The van der Waals surface area contributed by atoms with Crippen LogP contribution in [0.5, 0.6) is 0 Å². The predicted octanol–water partition coefficient (Wildman–Crippen LogP) is -0.0866. The number of hydrogen-bond donors (Lipinski definition) is 1. The summed E-state index contributed by atoms with van der Waals surface area (Å²) in [4.78, 5) is 3.95. The topological polar surface area (TPSA) is 72.9 Å². The fraction of sp³-hybridized carbons (Fsp3) is 0.900. The van der Waals surface area contributed by atoms with E-state index in [0.717, 1.165) is 31.9 Å². The molecule has 2 N–H and O–H groups in total. The Balaban J connectivity index is 1.95. The van der Waals surface area contributed by atoms with Gasteiger partial charge < -0.3 is 5.73 Å². The third-order valence-corrected chi connectivity index (χ3v) is 3.14. The third kappa shape index (κ3) is 2.76. The highest BCUT2D eigenvalue weighted by atomic mass is 15.6. The molecule has 1 aromatic rings. The van der Waals surface area contributed by atoms with Gasteiger partial charge in [-0.2, -0.15) is 4.80 Å². The van der Waals surface area contributed by atoms with E-state index in [1.165, 1.54) is 24.1 Å². The van der Waals surface area contributed by atoms with Crippen molar-refractivity contribution in [3.63, 3.8) is 0 Å². The highest BCUT2D eigenvalue weighted by Gasteiger charge is 2.22. The van der Waals surface area contributed by atoms with Crippen molar-refractivity contribution in [2.45, 2.75) is 38.3 Å². The second kappa shape index (κ2) is 5.36. The Bertz CT molecular complexity index is 321. The van der Waals surface area contributed by atoms with Gasteiger partial charge in [0.05, 0.1) is 13.6 Å². The van der Waals surface area contributed by atoms with Crippen LogP contribution in [0.25, 0.3) is 0 Å². The number of aromatic nitrogens is 4. The Kier molecular flexibility index (Phi) is 3.84. The van der Waals surface area contributed by atoms with Crippen molar-refractivity contribution in [3.8, 4) is 0 Å². The van der Waals surface area contributed by atoms with E-state index < -0.39 is 0 Å². The highest BCUT2D eigenvalue weighted by Crippen LogP contribution is 2.20. The van der Waals surface area contributed by atoms with Gasteiger partial charge in [0.1, 0.15) is 0 Å². The van der Waals surface area contributed by atoms with Gasteiger partial charge in [-0.15, -0.1) is 10.2 Å². The van der Waals surface area contributed by atoms with Crippen LogP contribution in [0.15, 0.2) is 0 Å². The van der Waals surface area contributed by atoms with Crippen LogP contribution < -0.4 is 5.73 Å². The van der Waals surface area contributed by atoms with Crippen LogP contribution in [-0.2, 0) is 13.6 Å². The van der Waals surface area contributed by atoms with Crippen molar-refractivity contribution >= 4 is 0 Å². The maximum atomic E-state index is 5.64. The molecule has 1 unspecified atom stereocenters. The van der Waals surface area contributed by atoms with Crippen molar-refractivity contribution in [1.29, 1.82) is 0 Å². The minimum Gasteiger partial charge on any atom is -0.330 e. The Morgan fingerprint density at radius 1 is 1.44 bits per heavy atom. The number of tetrazole rings is 1. The molecule has 1 atom stereocenters. The van der Waals surface area contributed by atoms with Crippen LogP contribution in [0.1, 0.15) is 31.5 Å². The van der Waals surface area contributed by atoms with E-state index in [0.29, 0.717) is 6.04 Å². The average molecular weight is 224 g/mol. The molecule has 1 fully saturated rings. The SMILES string of the molecule is Cn1nnc(CN2CCCCC2CCN)n1. The molecule has 6 heteroatoms. The fourth-order valence-electron chi connectivity index (χ4n) is 2.36. The van der Waals surface area contributed by atoms with Crippen molar-refractivity contribution in [2.24, 2.45) is 12.8 Å². The standard InChI is InChI=1S/C10H20N6/c1-15-13-10(12-14-15)8-16-7-3-2-4-9(16)5-6-11/h9H,2-8,11H2,1H3. The quantitative estimate of drug-likeness (QED) is 0.774. The third-order valence-electron chi connectivity index (χ3n) is 3.14. The number of piperidine rings is 1. The zero-order valence-corrected chi connectivity index (χ0v) is 9.84. The Morgan fingerprint density at radius 3 is 3.00 bits per heavy atom. The van der Waals surface area contributed by atoms with Gasteiger partial charge in [0.25, 0.3) is 0 Å². The summed E-state index contributed by atoms with van der Waals surface area (Å²) in [6.07, 6.45) is 4.90. The number of aryl methyl sites for hydroxylation is 1. The molecule has 16 heavy (non-hydrogen) atoms. The van der Waals surface area contributed by atoms with Crippen LogP contribution in [0.4, 0.5) is 0 Å². The minimum absolute atomic E-state index is 0.600. The maximum absolute atomic E-state index is 5.64. The fourth-order valence-corrected chi connectivity index (χ4v) is 2.36. The van der Waals surface area contributed by atoms with Crippen molar-refractivity contribution in [2.75, 3.05) is 13.1 Å². The van der Waals surface area contributed by atoms with E-state index in [9.17, 15) is 0 Å². The number of hydrogen-bond acceptors (Lipinski definition) is 5. The normalized spacial score (nSPS) is 22.5. The predicted molar refractivity (Wildman–Crippen MR) is 60.5 cm³/mol. The first-order valence-electron chi connectivity index (χ1n) is 5.96. The second-order valence-electron chi connectivity index (χ2n) is 4.39.